The molecule has 82 valence electrons. The molecule has 4 atom stereocenters. The summed E-state index contributed by atoms with van der Waals surface area (Å²) in [7, 11) is 0. The molecule has 0 spiro atoms. The first-order valence-corrected chi connectivity index (χ1v) is 6.03. The van der Waals surface area contributed by atoms with Crippen LogP contribution in [0.4, 0.5) is 0 Å². The normalized spacial score (nSPS) is 45.0. The van der Waals surface area contributed by atoms with E-state index in [1.165, 1.54) is 25.7 Å². The van der Waals surface area contributed by atoms with Gasteiger partial charge in [-0.15, -0.1) is 0 Å². The van der Waals surface area contributed by atoms with Crippen LogP contribution in [0.1, 0.15) is 39.0 Å². The predicted molar refractivity (Wildman–Crippen MR) is 56.1 cm³/mol. The number of ether oxygens (including phenoxy) is 1. The summed E-state index contributed by atoms with van der Waals surface area (Å²) in [6, 6.07) is 0. The summed E-state index contributed by atoms with van der Waals surface area (Å²) in [4.78, 5) is 0. The molecule has 1 saturated carbocycles. The fraction of sp³-hybridized carbons (Fsp3) is 1.00. The van der Waals surface area contributed by atoms with Crippen LogP contribution in [0.5, 0.6) is 0 Å². The van der Waals surface area contributed by atoms with Crippen molar-refractivity contribution in [2.75, 3.05) is 13.2 Å². The van der Waals surface area contributed by atoms with Crippen molar-refractivity contribution < 1.29 is 9.84 Å². The molecule has 0 aromatic rings. The van der Waals surface area contributed by atoms with Crippen molar-refractivity contribution >= 4 is 0 Å². The SMILES string of the molecule is CC1CCC(O)C(C2CCCOC2)C1. The molecule has 14 heavy (non-hydrogen) atoms. The molecule has 4 unspecified atom stereocenters. The maximum Gasteiger partial charge on any atom is 0.0572 e. The highest BCUT2D eigenvalue weighted by Gasteiger charge is 2.34. The van der Waals surface area contributed by atoms with Gasteiger partial charge >= 0.3 is 0 Å². The van der Waals surface area contributed by atoms with Crippen LogP contribution in [0, 0.1) is 17.8 Å². The van der Waals surface area contributed by atoms with Crippen LogP contribution in [0.2, 0.25) is 0 Å². The zero-order valence-corrected chi connectivity index (χ0v) is 9.11. The first-order chi connectivity index (χ1) is 6.77. The molecule has 1 saturated heterocycles. The Morgan fingerprint density at radius 1 is 1.21 bits per heavy atom. The van der Waals surface area contributed by atoms with E-state index in [1.54, 1.807) is 0 Å². The van der Waals surface area contributed by atoms with Crippen LogP contribution in [0.15, 0.2) is 0 Å². The number of rotatable bonds is 1. The Morgan fingerprint density at radius 2 is 2.07 bits per heavy atom. The van der Waals surface area contributed by atoms with Crippen molar-refractivity contribution in [3.8, 4) is 0 Å². The minimum Gasteiger partial charge on any atom is -0.393 e. The third kappa shape index (κ3) is 2.29. The third-order valence-electron chi connectivity index (χ3n) is 3.93. The molecule has 2 rings (SSSR count). The van der Waals surface area contributed by atoms with E-state index < -0.39 is 0 Å². The Morgan fingerprint density at radius 3 is 2.79 bits per heavy atom. The molecule has 0 aromatic heterocycles. The third-order valence-corrected chi connectivity index (χ3v) is 3.93. The average Bonchev–Trinajstić information content (AvgIpc) is 2.23. The molecule has 2 heteroatoms. The quantitative estimate of drug-likeness (QED) is 0.700. The zero-order valence-electron chi connectivity index (χ0n) is 9.11. The van der Waals surface area contributed by atoms with Gasteiger partial charge in [-0.05, 0) is 49.9 Å². The van der Waals surface area contributed by atoms with Gasteiger partial charge in [0, 0.05) is 13.2 Å². The second-order valence-electron chi connectivity index (χ2n) is 5.13. The first kappa shape index (κ1) is 10.4. The Bertz CT molecular complexity index is 175. The second-order valence-corrected chi connectivity index (χ2v) is 5.13. The van der Waals surface area contributed by atoms with E-state index in [-0.39, 0.29) is 6.10 Å². The molecule has 0 aromatic carbocycles. The van der Waals surface area contributed by atoms with E-state index >= 15 is 0 Å². The summed E-state index contributed by atoms with van der Waals surface area (Å²) >= 11 is 0. The molecule has 1 aliphatic carbocycles. The topological polar surface area (TPSA) is 29.5 Å². The van der Waals surface area contributed by atoms with Gasteiger partial charge in [0.2, 0.25) is 0 Å². The minimum atomic E-state index is -0.0575. The maximum atomic E-state index is 9.98. The van der Waals surface area contributed by atoms with Crippen LogP contribution in [0.25, 0.3) is 0 Å². The molecular weight excluding hydrogens is 176 g/mol. The lowest BCUT2D eigenvalue weighted by molar-refractivity contribution is -0.0366. The lowest BCUT2D eigenvalue weighted by Gasteiger charge is -2.38. The largest absolute Gasteiger partial charge is 0.393 e. The second kappa shape index (κ2) is 4.63. The van der Waals surface area contributed by atoms with Gasteiger partial charge in [-0.1, -0.05) is 6.92 Å². The molecule has 0 radical (unpaired) electrons. The highest BCUT2D eigenvalue weighted by Crippen LogP contribution is 2.36. The van der Waals surface area contributed by atoms with Gasteiger partial charge in [0.05, 0.1) is 6.10 Å². The van der Waals surface area contributed by atoms with Crippen LogP contribution >= 0.6 is 0 Å². The number of hydrogen-bond donors (Lipinski definition) is 1. The smallest absolute Gasteiger partial charge is 0.0572 e. The highest BCUT2D eigenvalue weighted by molar-refractivity contribution is 4.84. The van der Waals surface area contributed by atoms with Crippen LogP contribution in [-0.4, -0.2) is 24.4 Å². The maximum absolute atomic E-state index is 9.98. The molecule has 1 heterocycles. The molecular formula is C12H22O2. The fourth-order valence-corrected chi connectivity index (χ4v) is 3.02. The number of aliphatic hydroxyl groups excluding tert-OH is 1. The summed E-state index contributed by atoms with van der Waals surface area (Å²) in [6.07, 6.45) is 5.79. The summed E-state index contributed by atoms with van der Waals surface area (Å²) in [6.45, 7) is 4.12. The number of hydrogen-bond acceptors (Lipinski definition) is 2. The monoisotopic (exact) mass is 198 g/mol. The Kier molecular flexibility index (Phi) is 3.45. The molecule has 2 fully saturated rings. The van der Waals surface area contributed by atoms with E-state index in [0.29, 0.717) is 11.8 Å². The van der Waals surface area contributed by atoms with Crippen molar-refractivity contribution in [3.05, 3.63) is 0 Å². The van der Waals surface area contributed by atoms with Gasteiger partial charge in [0.1, 0.15) is 0 Å². The Labute approximate surface area is 86.6 Å². The summed E-state index contributed by atoms with van der Waals surface area (Å²) in [5.41, 5.74) is 0. The molecule has 2 aliphatic rings. The molecule has 0 bridgehead atoms. The zero-order chi connectivity index (χ0) is 9.97. The number of aliphatic hydroxyl groups is 1. The summed E-state index contributed by atoms with van der Waals surface area (Å²) < 4.78 is 5.51. The van der Waals surface area contributed by atoms with Crippen molar-refractivity contribution in [3.63, 3.8) is 0 Å². The van der Waals surface area contributed by atoms with Crippen molar-refractivity contribution in [1.29, 1.82) is 0 Å². The van der Waals surface area contributed by atoms with Crippen molar-refractivity contribution in [2.45, 2.75) is 45.1 Å². The Hall–Kier alpha value is -0.0800. The van der Waals surface area contributed by atoms with E-state index in [2.05, 4.69) is 6.92 Å². The van der Waals surface area contributed by atoms with Crippen LogP contribution in [-0.2, 0) is 4.74 Å². The van der Waals surface area contributed by atoms with E-state index in [9.17, 15) is 5.11 Å². The highest BCUT2D eigenvalue weighted by atomic mass is 16.5. The molecule has 1 N–H and O–H groups in total. The van der Waals surface area contributed by atoms with Gasteiger partial charge in [-0.2, -0.15) is 0 Å². The van der Waals surface area contributed by atoms with Gasteiger partial charge < -0.3 is 9.84 Å². The molecule has 1 aliphatic heterocycles. The van der Waals surface area contributed by atoms with E-state index in [4.69, 9.17) is 4.74 Å². The first-order valence-electron chi connectivity index (χ1n) is 6.03. The van der Waals surface area contributed by atoms with Crippen LogP contribution < -0.4 is 0 Å². The van der Waals surface area contributed by atoms with Gasteiger partial charge in [0.25, 0.3) is 0 Å². The van der Waals surface area contributed by atoms with Crippen LogP contribution in [0.3, 0.4) is 0 Å². The predicted octanol–water partition coefficient (Wildman–Crippen LogP) is 2.21. The Balaban J connectivity index is 1.92. The van der Waals surface area contributed by atoms with Crippen molar-refractivity contribution in [1.82, 2.24) is 0 Å². The van der Waals surface area contributed by atoms with E-state index in [1.807, 2.05) is 0 Å². The van der Waals surface area contributed by atoms with Gasteiger partial charge in [-0.25, -0.2) is 0 Å². The molecule has 0 amide bonds. The standard InChI is InChI=1S/C12H22O2/c1-9-4-5-12(13)11(7-9)10-3-2-6-14-8-10/h9-13H,2-8H2,1H3. The minimum absolute atomic E-state index is 0.0575. The summed E-state index contributed by atoms with van der Waals surface area (Å²) in [5, 5.41) is 9.98. The van der Waals surface area contributed by atoms with Gasteiger partial charge in [-0.3, -0.25) is 0 Å². The summed E-state index contributed by atoms with van der Waals surface area (Å²) in [5.74, 6) is 1.94. The fourth-order valence-electron chi connectivity index (χ4n) is 3.02. The lowest BCUT2D eigenvalue weighted by Crippen LogP contribution is -2.37. The lowest BCUT2D eigenvalue weighted by atomic mass is 9.72. The van der Waals surface area contributed by atoms with E-state index in [0.717, 1.165) is 25.6 Å². The molecule has 2 nitrogen and oxygen atoms in total. The average molecular weight is 198 g/mol. The van der Waals surface area contributed by atoms with Crippen molar-refractivity contribution in [2.24, 2.45) is 17.8 Å². The van der Waals surface area contributed by atoms with Gasteiger partial charge in [0.15, 0.2) is 0 Å².